The van der Waals surface area contributed by atoms with E-state index in [1.807, 2.05) is 81.6 Å². The second kappa shape index (κ2) is 30.5. The topological polar surface area (TPSA) is 341 Å². The van der Waals surface area contributed by atoms with Gasteiger partial charge in [0.1, 0.15) is 59.0 Å². The molecule has 12 atom stereocenters. The van der Waals surface area contributed by atoms with Gasteiger partial charge in [0.05, 0.1) is 69.4 Å². The Morgan fingerprint density at radius 3 is 1.90 bits per heavy atom. The molecule has 10 rings (SSSR count). The highest BCUT2D eigenvalue weighted by Crippen LogP contribution is 2.51. The average molecular weight is 1450 g/mol. The van der Waals surface area contributed by atoms with E-state index in [1.165, 1.54) is 70.9 Å². The lowest BCUT2D eigenvalue weighted by Crippen LogP contribution is -2.62. The number of allylic oxidation sites excluding steroid dienone is 6. The Bertz CT molecular complexity index is 3810. The van der Waals surface area contributed by atoms with Crippen molar-refractivity contribution in [1.82, 2.24) is 37.2 Å². The Labute approximate surface area is 590 Å². The maximum atomic E-state index is 16.4. The molecule has 11 bridgehead atoms. The van der Waals surface area contributed by atoms with Crippen LogP contribution in [0.2, 0.25) is 41.3 Å². The summed E-state index contributed by atoms with van der Waals surface area (Å²) in [7, 11) is 1.02. The van der Waals surface area contributed by atoms with Gasteiger partial charge in [-0.2, -0.15) is 0 Å². The molecule has 538 valence electrons. The van der Waals surface area contributed by atoms with Gasteiger partial charge in [-0.1, -0.05) is 92.1 Å². The third kappa shape index (κ3) is 16.6. The number of alkyl halides is 1. The number of likely N-dealkylation sites (N-methyl/N-ethyl adjacent to an activating group) is 1. The quantitative estimate of drug-likeness (QED) is 0.0478. The molecule has 0 spiro atoms. The predicted octanol–water partition coefficient (Wildman–Crippen LogP) is 8.59. The first-order valence-electron chi connectivity index (χ1n) is 32.8. The number of carboxylic acid groups (broad SMARTS) is 1. The number of benzene rings is 3. The predicted molar refractivity (Wildman–Crippen MR) is 377 cm³/mol. The van der Waals surface area contributed by atoms with E-state index in [-0.39, 0.29) is 85.6 Å². The van der Waals surface area contributed by atoms with Crippen LogP contribution < -0.4 is 66.6 Å². The third-order valence-electron chi connectivity index (χ3n) is 19.7. The number of primary amides is 1. The van der Waals surface area contributed by atoms with Crippen LogP contribution >= 0.6 is 23.2 Å². The summed E-state index contributed by atoms with van der Waals surface area (Å²) < 4.78 is 51.8. The van der Waals surface area contributed by atoms with Gasteiger partial charge < -0.3 is 85.3 Å². The lowest BCUT2D eigenvalue weighted by atomic mass is 9.73. The van der Waals surface area contributed by atoms with Crippen molar-refractivity contribution < 1.29 is 80.7 Å². The van der Waals surface area contributed by atoms with Crippen LogP contribution in [-0.4, -0.2) is 146 Å². The lowest BCUT2D eigenvalue weighted by molar-refractivity contribution is -0.143. The number of hydrogen-bond donors (Lipinski definition) is 9. The van der Waals surface area contributed by atoms with Crippen molar-refractivity contribution in [3.63, 3.8) is 0 Å². The van der Waals surface area contributed by atoms with Gasteiger partial charge in [-0.25, -0.2) is 4.79 Å². The molecule has 10 N–H and O–H groups in total. The zero-order valence-electron chi connectivity index (χ0n) is 59.3. The highest BCUT2D eigenvalue weighted by Gasteiger charge is 2.50. The van der Waals surface area contributed by atoms with Crippen molar-refractivity contribution >= 4 is 87.2 Å². The van der Waals surface area contributed by atoms with E-state index in [0.717, 1.165) is 0 Å². The minimum Gasteiger partial charge on any atom is -0.500 e. The molecular weight excluding hydrogens is 1350 g/mol. The van der Waals surface area contributed by atoms with Crippen LogP contribution in [0.5, 0.6) is 34.5 Å². The van der Waals surface area contributed by atoms with E-state index in [4.69, 9.17) is 66.2 Å². The maximum Gasteiger partial charge on any atom is 0.330 e. The van der Waals surface area contributed by atoms with E-state index in [9.17, 15) is 19.5 Å². The number of nitrogens with two attached hydrogens (primary N) is 1. The Kier molecular flexibility index (Phi) is 23.7. The van der Waals surface area contributed by atoms with Gasteiger partial charge in [-0.05, 0) is 138 Å². The number of carbonyl (C=O) groups excluding carboxylic acids is 7. The number of carbonyl (C=O) groups is 8. The molecule has 0 aromatic heterocycles. The van der Waals surface area contributed by atoms with E-state index >= 15 is 24.0 Å². The standard InChI is InChI=1S/C70H94Cl2N8O17Si2/c1-33(2)25-43(74-10)62(82)79-57-59(96-98(15,16)69(4,5)6)35-19-22-45(41(71)26-35)94-49-28-37-29-50(61(49)93-14)95-46-23-20-36(27-42(46)72)60(97-99(17,18)70(7,8)9)58-67(87)78-56(68(88)89)40-30-38(90-11)31-48(92-13)53(40)52-34(3)39(21-24-47(52)91-12)55(65(85)80-58)77-64(84)54(37)76-63(83)44(32-51(73)81)75-66(57)86/h19-24,26,28-31,33-34,42-44,52,54-60,74H,25,27,32H2,1-18H3,(H2,73,81)(H,75,86)(H,76,83)(H,77,84)(H,78,87)(H,79,82)(H,80,85)(H,88,89)/t34?,42?,43-,44-,52?,54+,55+,56+,57+,58-,59?,60?/m0/s1. The normalized spacial score (nSPS) is 25.0. The number of halogens is 2. The molecule has 5 heterocycles. The van der Waals surface area contributed by atoms with Gasteiger partial charge in [0.15, 0.2) is 34.2 Å². The SMILES string of the molecule is CN[C@@H](CC(C)C)C(=O)N[C@H]1C(=O)N[C@@H](CC(N)=O)C(=O)N[C@H]2C(=O)N[C@H]3C(=O)N[C@H](C(=O)N[C@@H](C(=O)O)c4cc(OC)cc(OC)c4C4C(OC)=CC=C3C4C)C(O[Si](C)(C)C(C)(C)C)C3=CC=C(Oc4cc2cc(c4OC)Oc2ccc(cc2Cl)C1O[Si](C)(C)C(C)(C)C)C(Cl)C3. The number of aliphatic carboxylic acids is 1. The highest BCUT2D eigenvalue weighted by molar-refractivity contribution is 6.74. The molecule has 7 amide bonds. The molecule has 99 heavy (non-hydrogen) atoms. The molecule has 0 saturated heterocycles. The van der Waals surface area contributed by atoms with Gasteiger partial charge in [0.25, 0.3) is 0 Å². The van der Waals surface area contributed by atoms with Crippen LogP contribution in [0.3, 0.4) is 0 Å². The van der Waals surface area contributed by atoms with Crippen molar-refractivity contribution in [2.75, 3.05) is 35.5 Å². The third-order valence-corrected chi connectivity index (χ3v) is 29.3. The van der Waals surface area contributed by atoms with E-state index in [2.05, 4.69) is 37.2 Å². The first-order valence-corrected chi connectivity index (χ1v) is 39.4. The summed E-state index contributed by atoms with van der Waals surface area (Å²) in [6, 6.07) is -1.51. The summed E-state index contributed by atoms with van der Waals surface area (Å²) in [4.78, 5) is 122. The molecule has 2 aliphatic carbocycles. The molecule has 29 heteroatoms. The number of methoxy groups -OCH3 is 4. The molecule has 7 aliphatic rings. The smallest absolute Gasteiger partial charge is 0.330 e. The first kappa shape index (κ1) is 76.8. The molecule has 5 aliphatic heterocycles. The zero-order chi connectivity index (χ0) is 73.3. The van der Waals surface area contributed by atoms with E-state index < -0.39 is 152 Å². The second-order valence-electron chi connectivity index (χ2n) is 28.9. The van der Waals surface area contributed by atoms with Crippen LogP contribution in [0.15, 0.2) is 89.4 Å². The van der Waals surface area contributed by atoms with Gasteiger partial charge in [-0.3, -0.25) is 33.6 Å². The summed E-state index contributed by atoms with van der Waals surface area (Å²) in [5.41, 5.74) is 6.91. The molecule has 0 saturated carbocycles. The fourth-order valence-electron chi connectivity index (χ4n) is 12.2. The Morgan fingerprint density at radius 2 is 1.34 bits per heavy atom. The maximum absolute atomic E-state index is 16.4. The van der Waals surface area contributed by atoms with Crippen LogP contribution in [-0.2, 0) is 51.9 Å². The summed E-state index contributed by atoms with van der Waals surface area (Å²) in [6.07, 6.45) is 2.92. The van der Waals surface area contributed by atoms with E-state index in [0.29, 0.717) is 17.6 Å². The molecular formula is C70H94Cl2N8O17Si2. The molecule has 0 fully saturated rings. The fraction of sp³-hybridized carbons (Fsp3) is 0.514. The molecule has 3 aromatic rings. The zero-order valence-corrected chi connectivity index (χ0v) is 62.8. The minimum atomic E-state index is -3.09. The largest absolute Gasteiger partial charge is 0.500 e. The molecule has 25 nitrogen and oxygen atoms in total. The minimum absolute atomic E-state index is 0.00410. The number of fused-ring (bicyclic) bond motifs is 15. The number of nitrogens with one attached hydrogen (secondary N) is 7. The number of hydrogen-bond acceptors (Lipinski definition) is 17. The van der Waals surface area contributed by atoms with Gasteiger partial charge in [0, 0.05) is 11.6 Å². The monoisotopic (exact) mass is 1440 g/mol. The first-order chi connectivity index (χ1) is 46.3. The fourth-order valence-corrected chi connectivity index (χ4v) is 15.3. The van der Waals surface area contributed by atoms with Crippen molar-refractivity contribution in [2.45, 2.75) is 184 Å². The van der Waals surface area contributed by atoms with Gasteiger partial charge in [0.2, 0.25) is 47.1 Å². The van der Waals surface area contributed by atoms with Crippen molar-refractivity contribution in [3.05, 3.63) is 117 Å². The highest BCUT2D eigenvalue weighted by atomic mass is 35.5. The van der Waals surface area contributed by atoms with E-state index in [1.54, 1.807) is 38.3 Å². The average Bonchev–Trinajstić information content (AvgIpc) is 0.751. The van der Waals surface area contributed by atoms with Gasteiger partial charge in [-0.15, -0.1) is 11.6 Å². The van der Waals surface area contributed by atoms with Gasteiger partial charge >= 0.3 is 5.97 Å². The Balaban J connectivity index is 1.45. The molecule has 5 unspecified atom stereocenters. The number of rotatable bonds is 16. The van der Waals surface area contributed by atoms with Crippen LogP contribution in [0.25, 0.3) is 0 Å². The Morgan fingerprint density at radius 1 is 0.717 bits per heavy atom. The van der Waals surface area contributed by atoms with Crippen molar-refractivity contribution in [3.8, 4) is 34.5 Å². The van der Waals surface area contributed by atoms with Crippen LogP contribution in [0.1, 0.15) is 128 Å². The summed E-state index contributed by atoms with van der Waals surface area (Å²) in [6.45, 7) is 25.2. The number of ether oxygens (including phenoxy) is 6. The summed E-state index contributed by atoms with van der Waals surface area (Å²) in [5.74, 6) is -10.2. The van der Waals surface area contributed by atoms with Crippen molar-refractivity contribution in [1.29, 1.82) is 0 Å². The molecule has 0 radical (unpaired) electrons. The summed E-state index contributed by atoms with van der Waals surface area (Å²) in [5, 5.41) is 29.2. The number of amides is 7. The summed E-state index contributed by atoms with van der Waals surface area (Å²) >= 11 is 14.8. The number of carboxylic acids is 1. The second-order valence-corrected chi connectivity index (χ2v) is 39.3. The Hall–Kier alpha value is -7.93. The lowest BCUT2D eigenvalue weighted by Gasteiger charge is -2.43. The van der Waals surface area contributed by atoms with Crippen LogP contribution in [0, 0.1) is 11.8 Å². The van der Waals surface area contributed by atoms with Crippen LogP contribution in [0.4, 0.5) is 0 Å². The molecule has 3 aromatic carbocycles. The van der Waals surface area contributed by atoms with Crippen molar-refractivity contribution in [2.24, 2.45) is 17.6 Å².